The lowest BCUT2D eigenvalue weighted by atomic mass is 10.0. The summed E-state index contributed by atoms with van der Waals surface area (Å²) >= 11 is 0. The molecule has 1 aliphatic heterocycles. The van der Waals surface area contributed by atoms with Crippen LogP contribution in [0.1, 0.15) is 38.7 Å². The molecule has 2 rings (SSSR count). The molecule has 1 N–H and O–H groups in total. The molecule has 1 heterocycles. The fraction of sp³-hybridized carbons (Fsp3) is 0.647. The molecule has 1 saturated heterocycles. The lowest BCUT2D eigenvalue weighted by Gasteiger charge is -2.31. The Bertz CT molecular complexity index is 304. The molecule has 1 aromatic carbocycles. The summed E-state index contributed by atoms with van der Waals surface area (Å²) in [6.07, 6.45) is 5.09. The maximum Gasteiger partial charge on any atom is 0.0116 e. The Labute approximate surface area is 119 Å². The summed E-state index contributed by atoms with van der Waals surface area (Å²) in [5.74, 6) is 0. The Kier molecular flexibility index (Phi) is 8.52. The van der Waals surface area contributed by atoms with E-state index in [-0.39, 0.29) is 0 Å². The minimum Gasteiger partial charge on any atom is -0.317 e. The summed E-state index contributed by atoms with van der Waals surface area (Å²) in [5.41, 5.74) is 1.46. The van der Waals surface area contributed by atoms with E-state index < -0.39 is 0 Å². The zero-order chi connectivity index (χ0) is 13.9. The number of nitrogens with zero attached hydrogens (tertiary/aromatic N) is 1. The van der Waals surface area contributed by atoms with Crippen molar-refractivity contribution in [1.29, 1.82) is 0 Å². The zero-order valence-electron chi connectivity index (χ0n) is 12.9. The summed E-state index contributed by atoms with van der Waals surface area (Å²) in [7, 11) is 2.28. The molecular weight excluding hydrogens is 232 g/mol. The number of piperidine rings is 1. The topological polar surface area (TPSA) is 15.3 Å². The third-order valence-corrected chi connectivity index (χ3v) is 3.75. The maximum absolute atomic E-state index is 3.42. The largest absolute Gasteiger partial charge is 0.317 e. The average Bonchev–Trinajstić information content (AvgIpc) is 2.51. The minimum atomic E-state index is 0.798. The quantitative estimate of drug-likeness (QED) is 0.875. The minimum absolute atomic E-state index is 0.798. The first-order valence-electron chi connectivity index (χ1n) is 7.81. The van der Waals surface area contributed by atoms with E-state index in [1.807, 2.05) is 13.8 Å². The number of hydrogen-bond acceptors (Lipinski definition) is 2. The molecule has 1 aliphatic rings. The van der Waals surface area contributed by atoms with Gasteiger partial charge in [0.2, 0.25) is 0 Å². The van der Waals surface area contributed by atoms with Gasteiger partial charge in [0, 0.05) is 6.04 Å². The second-order valence-electron chi connectivity index (χ2n) is 5.05. The van der Waals surface area contributed by atoms with Crippen molar-refractivity contribution < 1.29 is 0 Å². The molecule has 0 spiro atoms. The van der Waals surface area contributed by atoms with Gasteiger partial charge >= 0.3 is 0 Å². The normalized spacial score (nSPS) is 16.0. The van der Waals surface area contributed by atoms with E-state index in [2.05, 4.69) is 47.6 Å². The number of hydrogen-bond donors (Lipinski definition) is 1. The summed E-state index contributed by atoms with van der Waals surface area (Å²) < 4.78 is 0. The molecule has 0 atom stereocenters. The van der Waals surface area contributed by atoms with Crippen LogP contribution < -0.4 is 5.32 Å². The third kappa shape index (κ3) is 6.22. The number of rotatable bonds is 5. The van der Waals surface area contributed by atoms with Gasteiger partial charge in [0.15, 0.2) is 0 Å². The van der Waals surface area contributed by atoms with Crippen LogP contribution in [0.3, 0.4) is 0 Å². The van der Waals surface area contributed by atoms with Crippen LogP contribution in [0.25, 0.3) is 0 Å². The molecule has 0 aromatic heterocycles. The molecule has 1 fully saturated rings. The van der Waals surface area contributed by atoms with Crippen molar-refractivity contribution in [2.45, 2.75) is 45.6 Å². The smallest absolute Gasteiger partial charge is 0.0116 e. The van der Waals surface area contributed by atoms with Crippen molar-refractivity contribution in [1.82, 2.24) is 10.2 Å². The van der Waals surface area contributed by atoms with E-state index in [1.54, 1.807) is 0 Å². The average molecular weight is 262 g/mol. The van der Waals surface area contributed by atoms with Crippen LogP contribution in [0.15, 0.2) is 30.3 Å². The zero-order valence-corrected chi connectivity index (χ0v) is 12.9. The van der Waals surface area contributed by atoms with Crippen LogP contribution in [-0.2, 0) is 6.42 Å². The Morgan fingerprint density at radius 1 is 1.11 bits per heavy atom. The number of benzene rings is 1. The highest BCUT2D eigenvalue weighted by Crippen LogP contribution is 2.11. The predicted molar refractivity (Wildman–Crippen MR) is 84.6 cm³/mol. The Hall–Kier alpha value is -0.860. The summed E-state index contributed by atoms with van der Waals surface area (Å²) in [5, 5.41) is 3.42. The van der Waals surface area contributed by atoms with E-state index in [9.17, 15) is 0 Å². The molecule has 0 bridgehead atoms. The monoisotopic (exact) mass is 262 g/mol. The Morgan fingerprint density at radius 2 is 1.74 bits per heavy atom. The predicted octanol–water partition coefficient (Wildman–Crippen LogP) is 3.33. The molecule has 1 aromatic rings. The van der Waals surface area contributed by atoms with Gasteiger partial charge in [0.1, 0.15) is 0 Å². The van der Waals surface area contributed by atoms with Crippen molar-refractivity contribution in [3.05, 3.63) is 35.9 Å². The third-order valence-electron chi connectivity index (χ3n) is 3.75. The summed E-state index contributed by atoms with van der Waals surface area (Å²) in [6, 6.07) is 11.6. The first-order chi connectivity index (χ1) is 9.36. The van der Waals surface area contributed by atoms with Crippen LogP contribution >= 0.6 is 0 Å². The lowest BCUT2D eigenvalue weighted by molar-refractivity contribution is 0.197. The van der Waals surface area contributed by atoms with E-state index in [0.717, 1.165) is 6.04 Å². The first-order valence-corrected chi connectivity index (χ1v) is 7.81. The fourth-order valence-electron chi connectivity index (χ4n) is 2.61. The van der Waals surface area contributed by atoms with Gasteiger partial charge in [-0.2, -0.15) is 0 Å². The van der Waals surface area contributed by atoms with Gasteiger partial charge in [0.05, 0.1) is 0 Å². The highest BCUT2D eigenvalue weighted by atomic mass is 15.1. The molecule has 2 nitrogen and oxygen atoms in total. The van der Waals surface area contributed by atoms with Gasteiger partial charge in [-0.25, -0.2) is 0 Å². The molecule has 2 heteroatoms. The summed E-state index contributed by atoms with van der Waals surface area (Å²) in [4.78, 5) is 2.55. The van der Waals surface area contributed by atoms with Crippen molar-refractivity contribution in [2.24, 2.45) is 0 Å². The molecule has 0 saturated carbocycles. The van der Waals surface area contributed by atoms with Crippen LogP contribution in [0.5, 0.6) is 0 Å². The fourth-order valence-corrected chi connectivity index (χ4v) is 2.61. The molecule has 0 radical (unpaired) electrons. The first kappa shape index (κ1) is 16.2. The molecule has 0 unspecified atom stereocenters. The standard InChI is InChI=1S/C15H24N2.C2H6/c1-17(15-9-11-16-12-10-15)13-5-8-14-6-3-2-4-7-14;1-2/h2-4,6-7,15-16H,5,8-13H2,1H3;1-2H3. The number of aryl methyl sites for hydroxylation is 1. The Balaban J connectivity index is 0.000000861. The van der Waals surface area contributed by atoms with Crippen molar-refractivity contribution in [3.8, 4) is 0 Å². The van der Waals surface area contributed by atoms with Gasteiger partial charge in [-0.1, -0.05) is 44.2 Å². The van der Waals surface area contributed by atoms with E-state index >= 15 is 0 Å². The van der Waals surface area contributed by atoms with Crippen LogP contribution in [0.4, 0.5) is 0 Å². The van der Waals surface area contributed by atoms with Gasteiger partial charge in [0.25, 0.3) is 0 Å². The van der Waals surface area contributed by atoms with Gasteiger partial charge in [-0.3, -0.25) is 0 Å². The van der Waals surface area contributed by atoms with Gasteiger partial charge < -0.3 is 10.2 Å². The van der Waals surface area contributed by atoms with Crippen molar-refractivity contribution >= 4 is 0 Å². The van der Waals surface area contributed by atoms with Gasteiger partial charge in [-0.15, -0.1) is 0 Å². The SMILES string of the molecule is CC.CN(CCCc1ccccc1)C1CCNCC1. The van der Waals surface area contributed by atoms with Crippen LogP contribution in [0.2, 0.25) is 0 Å². The molecule has 0 amide bonds. The Morgan fingerprint density at radius 3 is 2.37 bits per heavy atom. The molecule has 19 heavy (non-hydrogen) atoms. The molecule has 0 aliphatic carbocycles. The second-order valence-corrected chi connectivity index (χ2v) is 5.05. The maximum atomic E-state index is 3.42. The van der Waals surface area contributed by atoms with E-state index in [0.29, 0.717) is 0 Å². The van der Waals surface area contributed by atoms with Crippen molar-refractivity contribution in [3.63, 3.8) is 0 Å². The highest BCUT2D eigenvalue weighted by Gasteiger charge is 2.16. The highest BCUT2D eigenvalue weighted by molar-refractivity contribution is 5.14. The summed E-state index contributed by atoms with van der Waals surface area (Å²) in [6.45, 7) is 7.60. The van der Waals surface area contributed by atoms with E-state index in [4.69, 9.17) is 0 Å². The molecular formula is C17H30N2. The lowest BCUT2D eigenvalue weighted by Crippen LogP contribution is -2.41. The molecule has 108 valence electrons. The number of nitrogens with one attached hydrogen (secondary N) is 1. The van der Waals surface area contributed by atoms with Gasteiger partial charge in [-0.05, 0) is 57.9 Å². The van der Waals surface area contributed by atoms with Crippen molar-refractivity contribution in [2.75, 3.05) is 26.7 Å². The van der Waals surface area contributed by atoms with Crippen LogP contribution in [-0.4, -0.2) is 37.6 Å². The van der Waals surface area contributed by atoms with Crippen LogP contribution in [0, 0.1) is 0 Å². The second kappa shape index (κ2) is 9.99. The van der Waals surface area contributed by atoms with E-state index in [1.165, 1.54) is 50.9 Å².